The van der Waals surface area contributed by atoms with E-state index >= 15 is 0 Å². The van der Waals surface area contributed by atoms with Gasteiger partial charge in [0, 0.05) is 19.6 Å². The van der Waals surface area contributed by atoms with E-state index < -0.39 is 6.10 Å². The molecule has 0 spiro atoms. The van der Waals surface area contributed by atoms with Crippen LogP contribution in [0.4, 0.5) is 0 Å². The first-order valence-corrected chi connectivity index (χ1v) is 5.13. The Kier molecular flexibility index (Phi) is 4.16. The third-order valence-electron chi connectivity index (χ3n) is 2.62. The number of hydrogen-bond donors (Lipinski definition) is 2. The largest absolute Gasteiger partial charge is 0.394 e. The summed E-state index contributed by atoms with van der Waals surface area (Å²) >= 11 is 0. The zero-order chi connectivity index (χ0) is 9.84. The van der Waals surface area contributed by atoms with Gasteiger partial charge in [-0.3, -0.25) is 0 Å². The van der Waals surface area contributed by atoms with E-state index in [0.717, 1.165) is 24.9 Å². The molecule has 78 valence electrons. The molecule has 0 bridgehead atoms. The molecule has 1 saturated heterocycles. The fraction of sp³-hybridized carbons (Fsp3) is 1.00. The van der Waals surface area contributed by atoms with E-state index in [1.807, 2.05) is 0 Å². The Hall–Kier alpha value is -0.120. The van der Waals surface area contributed by atoms with Gasteiger partial charge in [-0.15, -0.1) is 0 Å². The molecule has 0 saturated carbocycles. The lowest BCUT2D eigenvalue weighted by atomic mass is 9.92. The monoisotopic (exact) mass is 187 g/mol. The highest BCUT2D eigenvalue weighted by Crippen LogP contribution is 2.20. The maximum atomic E-state index is 9.29. The van der Waals surface area contributed by atoms with Crippen molar-refractivity contribution < 1.29 is 10.2 Å². The lowest BCUT2D eigenvalue weighted by Gasteiger charge is -2.35. The molecule has 0 aliphatic carbocycles. The van der Waals surface area contributed by atoms with Crippen LogP contribution in [0.3, 0.4) is 0 Å². The van der Waals surface area contributed by atoms with Gasteiger partial charge in [-0.2, -0.15) is 0 Å². The first kappa shape index (κ1) is 11.0. The summed E-state index contributed by atoms with van der Waals surface area (Å²) in [5.74, 6) is 1.43. The molecule has 13 heavy (non-hydrogen) atoms. The number of piperidine rings is 1. The average Bonchev–Trinajstić information content (AvgIpc) is 2.02. The normalized spacial score (nSPS) is 33.2. The number of rotatable bonds is 3. The zero-order valence-corrected chi connectivity index (χ0v) is 8.61. The smallest absolute Gasteiger partial charge is 0.0897 e. The summed E-state index contributed by atoms with van der Waals surface area (Å²) in [5.41, 5.74) is 0. The molecule has 2 N–H and O–H groups in total. The number of β-amino-alcohol motifs (C(OH)–C–C–N with tert-alkyl or cyclic N) is 1. The van der Waals surface area contributed by atoms with Gasteiger partial charge in [0.05, 0.1) is 12.7 Å². The third kappa shape index (κ3) is 3.63. The van der Waals surface area contributed by atoms with E-state index in [0.29, 0.717) is 6.54 Å². The zero-order valence-electron chi connectivity index (χ0n) is 8.61. The number of likely N-dealkylation sites (tertiary alicyclic amines) is 1. The summed E-state index contributed by atoms with van der Waals surface area (Å²) < 4.78 is 0. The van der Waals surface area contributed by atoms with E-state index in [-0.39, 0.29) is 6.61 Å². The van der Waals surface area contributed by atoms with Crippen molar-refractivity contribution >= 4 is 0 Å². The van der Waals surface area contributed by atoms with Gasteiger partial charge in [0.25, 0.3) is 0 Å². The standard InChI is InChI=1S/C10H21NO2/c1-8-3-9(2)5-11(4-8)6-10(13)7-12/h8-10,12-13H,3-7H2,1-2H3. The summed E-state index contributed by atoms with van der Waals surface area (Å²) in [6.07, 6.45) is 0.712. The van der Waals surface area contributed by atoms with Crippen LogP contribution in [-0.2, 0) is 0 Å². The Labute approximate surface area is 80.4 Å². The van der Waals surface area contributed by atoms with Gasteiger partial charge < -0.3 is 15.1 Å². The Morgan fingerprint density at radius 3 is 2.31 bits per heavy atom. The maximum Gasteiger partial charge on any atom is 0.0897 e. The van der Waals surface area contributed by atoms with Gasteiger partial charge in [0.2, 0.25) is 0 Å². The van der Waals surface area contributed by atoms with Crippen LogP contribution < -0.4 is 0 Å². The summed E-state index contributed by atoms with van der Waals surface area (Å²) in [5, 5.41) is 18.0. The number of aliphatic hydroxyl groups excluding tert-OH is 2. The Balaban J connectivity index is 2.32. The van der Waals surface area contributed by atoms with E-state index in [1.54, 1.807) is 0 Å². The molecule has 0 aromatic rings. The van der Waals surface area contributed by atoms with Crippen LogP contribution >= 0.6 is 0 Å². The lowest BCUT2D eigenvalue weighted by molar-refractivity contribution is 0.0364. The Morgan fingerprint density at radius 1 is 1.31 bits per heavy atom. The van der Waals surface area contributed by atoms with Gasteiger partial charge in [0.1, 0.15) is 0 Å². The molecule has 0 radical (unpaired) electrons. The van der Waals surface area contributed by atoms with Crippen LogP contribution in [0.2, 0.25) is 0 Å². The first-order chi connectivity index (χ1) is 6.11. The van der Waals surface area contributed by atoms with Gasteiger partial charge >= 0.3 is 0 Å². The molecule has 0 aromatic carbocycles. The highest BCUT2D eigenvalue weighted by molar-refractivity contribution is 4.76. The molecule has 1 aliphatic heterocycles. The summed E-state index contributed by atoms with van der Waals surface area (Å²) in [4.78, 5) is 2.25. The minimum atomic E-state index is -0.572. The predicted octanol–water partition coefficient (Wildman–Crippen LogP) is 0.318. The van der Waals surface area contributed by atoms with E-state index in [9.17, 15) is 5.11 Å². The van der Waals surface area contributed by atoms with Crippen molar-refractivity contribution in [2.45, 2.75) is 26.4 Å². The summed E-state index contributed by atoms with van der Waals surface area (Å²) in [7, 11) is 0. The van der Waals surface area contributed by atoms with Crippen molar-refractivity contribution in [1.82, 2.24) is 4.90 Å². The molecule has 1 aliphatic rings. The summed E-state index contributed by atoms with van der Waals surface area (Å²) in [6.45, 7) is 7.09. The maximum absolute atomic E-state index is 9.29. The minimum absolute atomic E-state index is 0.126. The first-order valence-electron chi connectivity index (χ1n) is 5.13. The highest BCUT2D eigenvalue weighted by Gasteiger charge is 2.22. The van der Waals surface area contributed by atoms with Gasteiger partial charge in [-0.05, 0) is 18.3 Å². The number of hydrogen-bond acceptors (Lipinski definition) is 3. The van der Waals surface area contributed by atoms with Gasteiger partial charge in [-0.25, -0.2) is 0 Å². The minimum Gasteiger partial charge on any atom is -0.394 e. The van der Waals surface area contributed by atoms with Crippen molar-refractivity contribution in [2.24, 2.45) is 11.8 Å². The topological polar surface area (TPSA) is 43.7 Å². The fourth-order valence-electron chi connectivity index (χ4n) is 2.30. The summed E-state index contributed by atoms with van der Waals surface area (Å²) in [6, 6.07) is 0. The SMILES string of the molecule is CC1CC(C)CN(CC(O)CO)C1. The molecule has 3 heteroatoms. The predicted molar refractivity (Wildman–Crippen MR) is 52.5 cm³/mol. The molecule has 0 aromatic heterocycles. The Bertz CT molecular complexity index is 142. The molecule has 1 heterocycles. The second-order valence-electron chi connectivity index (χ2n) is 4.50. The lowest BCUT2D eigenvalue weighted by Crippen LogP contribution is -2.43. The van der Waals surface area contributed by atoms with E-state index in [1.165, 1.54) is 6.42 Å². The highest BCUT2D eigenvalue weighted by atomic mass is 16.3. The second-order valence-corrected chi connectivity index (χ2v) is 4.50. The second kappa shape index (κ2) is 4.94. The van der Waals surface area contributed by atoms with E-state index in [4.69, 9.17) is 5.11 Å². The van der Waals surface area contributed by atoms with Gasteiger partial charge in [-0.1, -0.05) is 13.8 Å². The molecule has 0 amide bonds. The van der Waals surface area contributed by atoms with E-state index in [2.05, 4.69) is 18.7 Å². The number of aliphatic hydroxyl groups is 2. The number of nitrogens with zero attached hydrogens (tertiary/aromatic N) is 1. The molecular formula is C10H21NO2. The quantitative estimate of drug-likeness (QED) is 0.668. The van der Waals surface area contributed by atoms with Crippen LogP contribution in [0, 0.1) is 11.8 Å². The molecule has 1 rings (SSSR count). The van der Waals surface area contributed by atoms with Crippen LogP contribution in [0.25, 0.3) is 0 Å². The van der Waals surface area contributed by atoms with Crippen LogP contribution in [0.1, 0.15) is 20.3 Å². The van der Waals surface area contributed by atoms with Crippen molar-refractivity contribution in [1.29, 1.82) is 0 Å². The van der Waals surface area contributed by atoms with Crippen LogP contribution in [0.5, 0.6) is 0 Å². The molecule has 1 fully saturated rings. The van der Waals surface area contributed by atoms with Gasteiger partial charge in [0.15, 0.2) is 0 Å². The van der Waals surface area contributed by atoms with Crippen molar-refractivity contribution in [3.05, 3.63) is 0 Å². The fourth-order valence-corrected chi connectivity index (χ4v) is 2.30. The van der Waals surface area contributed by atoms with Crippen molar-refractivity contribution in [3.8, 4) is 0 Å². The molecule has 3 atom stereocenters. The van der Waals surface area contributed by atoms with Crippen LogP contribution in [-0.4, -0.2) is 47.5 Å². The van der Waals surface area contributed by atoms with Crippen molar-refractivity contribution in [3.63, 3.8) is 0 Å². The van der Waals surface area contributed by atoms with Crippen LogP contribution in [0.15, 0.2) is 0 Å². The van der Waals surface area contributed by atoms with Crippen molar-refractivity contribution in [2.75, 3.05) is 26.2 Å². The molecule has 3 unspecified atom stereocenters. The molecular weight excluding hydrogens is 166 g/mol. The Morgan fingerprint density at radius 2 is 1.85 bits per heavy atom. The molecule has 3 nitrogen and oxygen atoms in total. The third-order valence-corrected chi connectivity index (χ3v) is 2.62. The average molecular weight is 187 g/mol.